The molecule has 1 aromatic rings. The Morgan fingerprint density at radius 2 is 1.72 bits per heavy atom. The first-order valence-corrected chi connectivity index (χ1v) is 6.36. The molecule has 0 bridgehead atoms. The Labute approximate surface area is 109 Å². The third-order valence-corrected chi connectivity index (χ3v) is 3.02. The molecule has 0 radical (unpaired) electrons. The van der Waals surface area contributed by atoms with E-state index in [9.17, 15) is 0 Å². The van der Waals surface area contributed by atoms with Crippen molar-refractivity contribution in [3.8, 4) is 11.8 Å². The number of aromatic nitrogens is 2. The highest BCUT2D eigenvalue weighted by Crippen LogP contribution is 2.24. The van der Waals surface area contributed by atoms with Crippen LogP contribution in [0.15, 0.2) is 6.07 Å². The smallest absolute Gasteiger partial charge is 0.220 e. The van der Waals surface area contributed by atoms with E-state index in [2.05, 4.69) is 36.1 Å². The number of nitrogens with zero attached hydrogens (tertiary/aromatic N) is 2. The molecule has 0 saturated carbocycles. The number of hydrogen-bond acceptors (Lipinski definition) is 5. The summed E-state index contributed by atoms with van der Waals surface area (Å²) in [4.78, 5) is 8.84. The topological polar surface area (TPSA) is 56.3 Å². The van der Waals surface area contributed by atoms with E-state index in [1.54, 1.807) is 20.3 Å². The molecule has 5 nitrogen and oxygen atoms in total. The second-order valence-corrected chi connectivity index (χ2v) is 4.17. The molecule has 0 aromatic carbocycles. The lowest BCUT2D eigenvalue weighted by Crippen LogP contribution is -2.32. The van der Waals surface area contributed by atoms with E-state index in [4.69, 9.17) is 9.47 Å². The van der Waals surface area contributed by atoms with E-state index in [0.717, 1.165) is 18.8 Å². The fourth-order valence-electron chi connectivity index (χ4n) is 2.02. The van der Waals surface area contributed by atoms with Gasteiger partial charge in [0.05, 0.1) is 20.3 Å². The summed E-state index contributed by atoms with van der Waals surface area (Å²) in [6.45, 7) is 7.30. The molecule has 0 aliphatic heterocycles. The zero-order chi connectivity index (χ0) is 13.5. The molecule has 0 aliphatic carbocycles. The molecule has 0 amide bonds. The molecule has 18 heavy (non-hydrogen) atoms. The van der Waals surface area contributed by atoms with E-state index in [0.29, 0.717) is 17.8 Å². The summed E-state index contributed by atoms with van der Waals surface area (Å²) in [7, 11) is 3.19. The highest BCUT2D eigenvalue weighted by atomic mass is 16.5. The minimum atomic E-state index is 0.244. The summed E-state index contributed by atoms with van der Waals surface area (Å²) in [6.07, 6.45) is 0.963. The van der Waals surface area contributed by atoms with Crippen molar-refractivity contribution in [1.82, 2.24) is 15.3 Å². The van der Waals surface area contributed by atoms with Gasteiger partial charge in [-0.25, -0.2) is 0 Å². The van der Waals surface area contributed by atoms with Gasteiger partial charge >= 0.3 is 0 Å². The van der Waals surface area contributed by atoms with Crippen molar-refractivity contribution in [2.45, 2.75) is 39.2 Å². The van der Waals surface area contributed by atoms with Crippen molar-refractivity contribution < 1.29 is 9.47 Å². The van der Waals surface area contributed by atoms with Gasteiger partial charge < -0.3 is 14.8 Å². The van der Waals surface area contributed by atoms with E-state index in [-0.39, 0.29) is 5.92 Å². The Kier molecular flexibility index (Phi) is 5.85. The first kappa shape index (κ1) is 14.7. The van der Waals surface area contributed by atoms with Crippen molar-refractivity contribution >= 4 is 0 Å². The highest BCUT2D eigenvalue weighted by Gasteiger charge is 2.21. The van der Waals surface area contributed by atoms with Crippen LogP contribution in [0.4, 0.5) is 0 Å². The summed E-state index contributed by atoms with van der Waals surface area (Å²) in [5.41, 5.74) is 0. The minimum absolute atomic E-state index is 0.244. The van der Waals surface area contributed by atoms with Gasteiger partial charge in [0.1, 0.15) is 5.82 Å². The number of methoxy groups -OCH3 is 2. The normalized spacial score (nSPS) is 14.1. The maximum absolute atomic E-state index is 5.18. The lowest BCUT2D eigenvalue weighted by molar-refractivity contribution is 0.358. The molecule has 1 heterocycles. The molecule has 102 valence electrons. The number of likely N-dealkylation sites (N-methyl/N-ethyl adjacent to an activating group) is 1. The van der Waals surface area contributed by atoms with Gasteiger partial charge in [-0.2, -0.15) is 9.97 Å². The number of ether oxygens (including phenoxy) is 2. The van der Waals surface area contributed by atoms with Crippen LogP contribution in [0.5, 0.6) is 11.8 Å². The Morgan fingerprint density at radius 3 is 2.11 bits per heavy atom. The molecule has 1 aromatic heterocycles. The van der Waals surface area contributed by atoms with E-state index in [1.807, 2.05) is 0 Å². The van der Waals surface area contributed by atoms with Gasteiger partial charge in [-0.1, -0.05) is 13.8 Å². The molecule has 2 atom stereocenters. The second-order valence-electron chi connectivity index (χ2n) is 4.17. The number of nitrogens with one attached hydrogen (secondary N) is 1. The van der Waals surface area contributed by atoms with Crippen LogP contribution >= 0.6 is 0 Å². The molecule has 0 aliphatic rings. The van der Waals surface area contributed by atoms with Crippen LogP contribution in [-0.4, -0.2) is 36.8 Å². The maximum Gasteiger partial charge on any atom is 0.220 e. The van der Waals surface area contributed by atoms with Crippen LogP contribution < -0.4 is 14.8 Å². The maximum atomic E-state index is 5.18. The fraction of sp³-hybridized carbons (Fsp3) is 0.692. The Balaban J connectivity index is 3.03. The summed E-state index contributed by atoms with van der Waals surface area (Å²) in [6, 6.07) is 2.01. The lowest BCUT2D eigenvalue weighted by Gasteiger charge is -2.22. The molecule has 2 unspecified atom stereocenters. The molecule has 5 heteroatoms. The number of hydrogen-bond donors (Lipinski definition) is 1. The molecule has 0 fully saturated rings. The van der Waals surface area contributed by atoms with Gasteiger partial charge in [0, 0.05) is 12.0 Å². The standard InChI is InChI=1S/C13H23N3O2/c1-6-10(9(3)14-7-2)13-15-11(17-4)8-12(16-13)18-5/h8-10,14H,6-7H2,1-5H3. The van der Waals surface area contributed by atoms with Crippen molar-refractivity contribution in [3.05, 3.63) is 11.9 Å². The van der Waals surface area contributed by atoms with Crippen LogP contribution in [0, 0.1) is 0 Å². The zero-order valence-electron chi connectivity index (χ0n) is 11.9. The molecule has 1 N–H and O–H groups in total. The summed E-state index contributed by atoms with van der Waals surface area (Å²) in [5, 5.41) is 3.41. The van der Waals surface area contributed by atoms with Crippen molar-refractivity contribution in [3.63, 3.8) is 0 Å². The molecular formula is C13H23N3O2. The average Bonchev–Trinajstić information content (AvgIpc) is 2.39. The Morgan fingerprint density at radius 1 is 1.17 bits per heavy atom. The SMILES string of the molecule is CCNC(C)C(CC)c1nc(OC)cc(OC)n1. The van der Waals surface area contributed by atoms with E-state index < -0.39 is 0 Å². The van der Waals surface area contributed by atoms with Crippen molar-refractivity contribution in [1.29, 1.82) is 0 Å². The lowest BCUT2D eigenvalue weighted by atomic mass is 9.97. The van der Waals surface area contributed by atoms with Crippen LogP contribution in [0.3, 0.4) is 0 Å². The quantitative estimate of drug-likeness (QED) is 0.805. The first-order valence-electron chi connectivity index (χ1n) is 6.36. The van der Waals surface area contributed by atoms with Crippen molar-refractivity contribution in [2.75, 3.05) is 20.8 Å². The predicted molar refractivity (Wildman–Crippen MR) is 71.3 cm³/mol. The van der Waals surface area contributed by atoms with Crippen LogP contribution in [-0.2, 0) is 0 Å². The Bertz CT molecular complexity index is 349. The zero-order valence-corrected chi connectivity index (χ0v) is 11.9. The fourth-order valence-corrected chi connectivity index (χ4v) is 2.02. The highest BCUT2D eigenvalue weighted by molar-refractivity contribution is 5.22. The van der Waals surface area contributed by atoms with Gasteiger partial charge in [0.15, 0.2) is 0 Å². The van der Waals surface area contributed by atoms with Gasteiger partial charge in [0.2, 0.25) is 11.8 Å². The summed E-state index contributed by atoms with van der Waals surface area (Å²) < 4.78 is 10.4. The second kappa shape index (κ2) is 7.16. The average molecular weight is 253 g/mol. The molecule has 0 saturated heterocycles. The van der Waals surface area contributed by atoms with Gasteiger partial charge in [-0.05, 0) is 19.9 Å². The van der Waals surface area contributed by atoms with Crippen molar-refractivity contribution in [2.24, 2.45) is 0 Å². The predicted octanol–water partition coefficient (Wildman–Crippen LogP) is 1.99. The van der Waals surface area contributed by atoms with Gasteiger partial charge in [-0.3, -0.25) is 0 Å². The third kappa shape index (κ3) is 3.57. The van der Waals surface area contributed by atoms with E-state index in [1.165, 1.54) is 0 Å². The number of rotatable bonds is 7. The monoisotopic (exact) mass is 253 g/mol. The van der Waals surface area contributed by atoms with Crippen LogP contribution in [0.2, 0.25) is 0 Å². The van der Waals surface area contributed by atoms with Crippen LogP contribution in [0.1, 0.15) is 38.9 Å². The molecular weight excluding hydrogens is 230 g/mol. The van der Waals surface area contributed by atoms with Gasteiger partial charge in [-0.15, -0.1) is 0 Å². The first-order chi connectivity index (χ1) is 8.65. The Hall–Kier alpha value is -1.36. The summed E-state index contributed by atoms with van der Waals surface area (Å²) >= 11 is 0. The molecule has 0 spiro atoms. The van der Waals surface area contributed by atoms with Gasteiger partial charge in [0.25, 0.3) is 0 Å². The molecule has 1 rings (SSSR count). The van der Waals surface area contributed by atoms with Crippen LogP contribution in [0.25, 0.3) is 0 Å². The largest absolute Gasteiger partial charge is 0.481 e. The summed E-state index contributed by atoms with van der Waals surface area (Å²) in [5.74, 6) is 2.09. The minimum Gasteiger partial charge on any atom is -0.481 e. The third-order valence-electron chi connectivity index (χ3n) is 3.02. The van der Waals surface area contributed by atoms with E-state index >= 15 is 0 Å².